The third-order valence-corrected chi connectivity index (χ3v) is 5.47. The van der Waals surface area contributed by atoms with Gasteiger partial charge in [-0.3, -0.25) is 4.79 Å². The van der Waals surface area contributed by atoms with Crippen molar-refractivity contribution in [3.8, 4) is 28.4 Å². The summed E-state index contributed by atoms with van der Waals surface area (Å²) in [6.07, 6.45) is -0.0134. The van der Waals surface area contributed by atoms with Gasteiger partial charge in [0.05, 0.1) is 27.4 Å². The molecule has 0 saturated carbocycles. The number of ether oxygens (including phenoxy) is 4. The lowest BCUT2D eigenvalue weighted by Crippen LogP contribution is -2.14. The monoisotopic (exact) mass is 455 g/mol. The minimum absolute atomic E-state index is 0.0134. The molecule has 0 unspecified atom stereocenters. The van der Waals surface area contributed by atoms with E-state index in [2.05, 4.69) is 5.32 Å². The van der Waals surface area contributed by atoms with Crippen molar-refractivity contribution in [3.63, 3.8) is 0 Å². The second-order valence-corrected chi connectivity index (χ2v) is 7.94. The number of hydrogen-bond acceptors (Lipinski definition) is 7. The molecule has 8 heteroatoms. The van der Waals surface area contributed by atoms with E-state index in [9.17, 15) is 9.59 Å². The average molecular weight is 456 g/mol. The van der Waals surface area contributed by atoms with Crippen molar-refractivity contribution in [2.75, 3.05) is 26.6 Å². The quantitative estimate of drug-likeness (QED) is 0.467. The van der Waals surface area contributed by atoms with E-state index in [-0.39, 0.29) is 17.6 Å². The molecular formula is C24H25NO6S. The van der Waals surface area contributed by atoms with Crippen LogP contribution < -0.4 is 19.5 Å². The Kier molecular flexibility index (Phi) is 7.37. The van der Waals surface area contributed by atoms with Crippen LogP contribution >= 0.6 is 11.3 Å². The van der Waals surface area contributed by atoms with Crippen molar-refractivity contribution < 1.29 is 28.5 Å². The van der Waals surface area contributed by atoms with Crippen LogP contribution in [0, 0.1) is 0 Å². The molecule has 1 heterocycles. The van der Waals surface area contributed by atoms with Crippen LogP contribution in [0.3, 0.4) is 0 Å². The average Bonchev–Trinajstić information content (AvgIpc) is 3.21. The number of esters is 1. The van der Waals surface area contributed by atoms with Crippen molar-refractivity contribution in [3.05, 3.63) is 59.0 Å². The maximum atomic E-state index is 12.9. The van der Waals surface area contributed by atoms with Gasteiger partial charge in [-0.15, -0.1) is 11.3 Å². The lowest BCUT2D eigenvalue weighted by molar-refractivity contribution is 0.0603. The SMILES string of the molecule is COC(=O)c1c(-c2ccc(OC)c(OC)c2)csc1NC(=O)c1cccc(OC(C)C)c1. The fourth-order valence-corrected chi connectivity index (χ4v) is 4.08. The van der Waals surface area contributed by atoms with E-state index in [1.165, 1.54) is 18.4 Å². The number of carbonyl (C=O) groups is 2. The molecule has 0 aliphatic heterocycles. The van der Waals surface area contributed by atoms with Crippen LogP contribution in [0.15, 0.2) is 47.8 Å². The zero-order chi connectivity index (χ0) is 23.3. The number of carbonyl (C=O) groups excluding carboxylic acids is 2. The number of methoxy groups -OCH3 is 3. The highest BCUT2D eigenvalue weighted by Gasteiger charge is 2.23. The molecule has 0 spiro atoms. The molecule has 0 aliphatic carbocycles. The van der Waals surface area contributed by atoms with Crippen molar-refractivity contribution in [2.45, 2.75) is 20.0 Å². The molecule has 0 fully saturated rings. The third-order valence-electron chi connectivity index (χ3n) is 4.57. The Morgan fingerprint density at radius 2 is 1.72 bits per heavy atom. The van der Waals surface area contributed by atoms with E-state index in [1.54, 1.807) is 56.0 Å². The van der Waals surface area contributed by atoms with Gasteiger partial charge in [-0.1, -0.05) is 12.1 Å². The van der Waals surface area contributed by atoms with E-state index in [1.807, 2.05) is 19.9 Å². The second kappa shape index (κ2) is 10.2. The fourth-order valence-electron chi connectivity index (χ4n) is 3.13. The molecule has 0 atom stereocenters. The molecular weight excluding hydrogens is 430 g/mol. The van der Waals surface area contributed by atoms with Crippen molar-refractivity contribution in [2.24, 2.45) is 0 Å². The molecule has 0 bridgehead atoms. The van der Waals surface area contributed by atoms with Gasteiger partial charge in [-0.25, -0.2) is 4.79 Å². The normalized spacial score (nSPS) is 10.6. The lowest BCUT2D eigenvalue weighted by atomic mass is 10.0. The Bertz CT molecular complexity index is 1120. The van der Waals surface area contributed by atoms with E-state index < -0.39 is 5.97 Å². The first-order chi connectivity index (χ1) is 15.4. The molecule has 2 aromatic carbocycles. The molecule has 7 nitrogen and oxygen atoms in total. The number of anilines is 1. The summed E-state index contributed by atoms with van der Waals surface area (Å²) in [5.41, 5.74) is 2.04. The first kappa shape index (κ1) is 23.1. The predicted molar refractivity (Wildman–Crippen MR) is 124 cm³/mol. The van der Waals surface area contributed by atoms with Gasteiger partial charge in [0, 0.05) is 16.5 Å². The maximum absolute atomic E-state index is 12.9. The Hall–Kier alpha value is -3.52. The van der Waals surface area contributed by atoms with Gasteiger partial charge in [-0.05, 0) is 49.7 Å². The molecule has 1 N–H and O–H groups in total. The number of amides is 1. The standard InChI is InChI=1S/C24H25NO6S/c1-14(2)31-17-8-6-7-16(11-17)22(26)25-23-21(24(27)30-5)18(13-32-23)15-9-10-19(28-3)20(12-15)29-4/h6-14H,1-5H3,(H,25,26). The van der Waals surface area contributed by atoms with Crippen LogP contribution in [0.5, 0.6) is 17.2 Å². The van der Waals surface area contributed by atoms with Crippen molar-refractivity contribution in [1.82, 2.24) is 0 Å². The van der Waals surface area contributed by atoms with Crippen LogP contribution in [0.4, 0.5) is 5.00 Å². The zero-order valence-corrected chi connectivity index (χ0v) is 19.4. The smallest absolute Gasteiger partial charge is 0.341 e. The molecule has 0 saturated heterocycles. The highest BCUT2D eigenvalue weighted by atomic mass is 32.1. The van der Waals surface area contributed by atoms with Gasteiger partial charge in [0.15, 0.2) is 11.5 Å². The summed E-state index contributed by atoms with van der Waals surface area (Å²) in [6.45, 7) is 3.83. The Labute approximate surface area is 190 Å². The molecule has 168 valence electrons. The zero-order valence-electron chi connectivity index (χ0n) is 18.6. The molecule has 3 rings (SSSR count). The molecule has 1 amide bonds. The Morgan fingerprint density at radius 1 is 0.969 bits per heavy atom. The van der Waals surface area contributed by atoms with Crippen LogP contribution in [0.25, 0.3) is 11.1 Å². The van der Waals surface area contributed by atoms with Crippen LogP contribution in [0.1, 0.15) is 34.6 Å². The second-order valence-electron chi connectivity index (χ2n) is 7.06. The van der Waals surface area contributed by atoms with Crippen LogP contribution in [-0.2, 0) is 4.74 Å². The van der Waals surface area contributed by atoms with Gasteiger partial charge in [0.2, 0.25) is 0 Å². The van der Waals surface area contributed by atoms with Gasteiger partial charge in [-0.2, -0.15) is 0 Å². The Balaban J connectivity index is 1.96. The molecule has 32 heavy (non-hydrogen) atoms. The minimum atomic E-state index is -0.553. The summed E-state index contributed by atoms with van der Waals surface area (Å²) in [5, 5.41) is 5.01. The van der Waals surface area contributed by atoms with Gasteiger partial charge in [0.1, 0.15) is 16.3 Å². The summed E-state index contributed by atoms with van der Waals surface area (Å²) >= 11 is 1.24. The number of thiophene rings is 1. The summed E-state index contributed by atoms with van der Waals surface area (Å²) in [4.78, 5) is 25.5. The maximum Gasteiger partial charge on any atom is 0.341 e. The Morgan fingerprint density at radius 3 is 2.38 bits per heavy atom. The predicted octanol–water partition coefficient (Wildman–Crippen LogP) is 5.26. The topological polar surface area (TPSA) is 83.1 Å². The first-order valence-corrected chi connectivity index (χ1v) is 10.8. The molecule has 0 aliphatic rings. The van der Waals surface area contributed by atoms with Gasteiger partial charge in [0.25, 0.3) is 5.91 Å². The highest BCUT2D eigenvalue weighted by molar-refractivity contribution is 7.15. The van der Waals surface area contributed by atoms with Gasteiger partial charge < -0.3 is 24.3 Å². The van der Waals surface area contributed by atoms with Crippen molar-refractivity contribution >= 4 is 28.2 Å². The minimum Gasteiger partial charge on any atom is -0.493 e. The summed E-state index contributed by atoms with van der Waals surface area (Å²) in [5.74, 6) is 0.786. The highest BCUT2D eigenvalue weighted by Crippen LogP contribution is 2.39. The number of rotatable bonds is 8. The molecule has 1 aromatic heterocycles. The summed E-state index contributed by atoms with van der Waals surface area (Å²) in [6, 6.07) is 12.2. The molecule has 0 radical (unpaired) electrons. The number of nitrogens with one attached hydrogen (secondary N) is 1. The third kappa shape index (κ3) is 5.03. The van der Waals surface area contributed by atoms with Crippen LogP contribution in [0.2, 0.25) is 0 Å². The molecule has 3 aromatic rings. The summed E-state index contributed by atoms with van der Waals surface area (Å²) < 4.78 is 21.3. The van der Waals surface area contributed by atoms with Gasteiger partial charge >= 0.3 is 5.97 Å². The number of hydrogen-bond donors (Lipinski definition) is 1. The lowest BCUT2D eigenvalue weighted by Gasteiger charge is -2.12. The van der Waals surface area contributed by atoms with E-state index in [4.69, 9.17) is 18.9 Å². The van der Waals surface area contributed by atoms with Crippen molar-refractivity contribution in [1.29, 1.82) is 0 Å². The van der Waals surface area contributed by atoms with E-state index in [0.29, 0.717) is 33.4 Å². The van der Waals surface area contributed by atoms with Crippen LogP contribution in [-0.4, -0.2) is 39.3 Å². The largest absolute Gasteiger partial charge is 0.493 e. The number of benzene rings is 2. The summed E-state index contributed by atoms with van der Waals surface area (Å²) in [7, 11) is 4.40. The van der Waals surface area contributed by atoms with E-state index >= 15 is 0 Å². The fraction of sp³-hybridized carbons (Fsp3) is 0.250. The van der Waals surface area contributed by atoms with E-state index in [0.717, 1.165) is 5.56 Å². The first-order valence-electron chi connectivity index (χ1n) is 9.88.